The van der Waals surface area contributed by atoms with Crippen molar-refractivity contribution >= 4 is 34.0 Å². The molecule has 21 heavy (non-hydrogen) atoms. The Kier molecular flexibility index (Phi) is 6.09. The minimum absolute atomic E-state index is 0. The lowest BCUT2D eigenvalue weighted by Gasteiger charge is -2.19. The van der Waals surface area contributed by atoms with E-state index in [9.17, 15) is 17.6 Å². The minimum atomic E-state index is -3.66. The number of nitrogens with one attached hydrogen (secondary N) is 3. The number of carbonyl (C=O) groups excluding carboxylic acids is 1. The third kappa shape index (κ3) is 4.37. The Bertz CT molecular complexity index is 637. The Labute approximate surface area is 129 Å². The van der Waals surface area contributed by atoms with Gasteiger partial charge in [-0.15, -0.1) is 12.4 Å². The van der Waals surface area contributed by atoms with Crippen LogP contribution >= 0.6 is 12.4 Å². The van der Waals surface area contributed by atoms with E-state index in [2.05, 4.69) is 10.6 Å². The first-order valence-corrected chi connectivity index (χ1v) is 7.80. The number of sulfonamides is 1. The van der Waals surface area contributed by atoms with Gasteiger partial charge in [0, 0.05) is 6.54 Å². The molecule has 1 aromatic rings. The fourth-order valence-electron chi connectivity index (χ4n) is 2.06. The van der Waals surface area contributed by atoms with Crippen molar-refractivity contribution in [1.29, 1.82) is 0 Å². The summed E-state index contributed by atoms with van der Waals surface area (Å²) in [5.74, 6) is -1.99. The molecule has 0 atom stereocenters. The molecular weight excluding hydrogens is 321 g/mol. The molecule has 9 heteroatoms. The number of fused-ring (bicyclic) bond motifs is 1. The SMILES string of the molecule is CNS(=O)(=O)CC(=O)Nc1ccc2c(c1F)CCNC2.Cl. The molecule has 0 aliphatic carbocycles. The molecule has 0 fully saturated rings. The van der Waals surface area contributed by atoms with Crippen LogP contribution in [0.3, 0.4) is 0 Å². The summed E-state index contributed by atoms with van der Waals surface area (Å²) in [6.45, 7) is 1.27. The number of carbonyl (C=O) groups is 1. The van der Waals surface area contributed by atoms with Gasteiger partial charge in [-0.25, -0.2) is 17.5 Å². The highest BCUT2D eigenvalue weighted by Gasteiger charge is 2.19. The van der Waals surface area contributed by atoms with Gasteiger partial charge in [-0.05, 0) is 37.2 Å². The van der Waals surface area contributed by atoms with Gasteiger partial charge in [-0.3, -0.25) is 4.79 Å². The number of anilines is 1. The summed E-state index contributed by atoms with van der Waals surface area (Å²) < 4.78 is 38.7. The summed E-state index contributed by atoms with van der Waals surface area (Å²) in [4.78, 5) is 11.6. The van der Waals surface area contributed by atoms with Crippen molar-refractivity contribution in [2.24, 2.45) is 0 Å². The zero-order chi connectivity index (χ0) is 14.8. The Morgan fingerprint density at radius 2 is 2.14 bits per heavy atom. The van der Waals surface area contributed by atoms with Crippen LogP contribution in [0, 0.1) is 5.82 Å². The smallest absolute Gasteiger partial charge is 0.241 e. The number of rotatable bonds is 4. The zero-order valence-corrected chi connectivity index (χ0v) is 13.0. The maximum Gasteiger partial charge on any atom is 0.241 e. The first kappa shape index (κ1) is 17.8. The number of hydrogen-bond acceptors (Lipinski definition) is 4. The van der Waals surface area contributed by atoms with Crippen LogP contribution in [0.25, 0.3) is 0 Å². The van der Waals surface area contributed by atoms with Crippen molar-refractivity contribution in [1.82, 2.24) is 10.0 Å². The molecule has 1 heterocycles. The van der Waals surface area contributed by atoms with Crippen LogP contribution in [-0.2, 0) is 27.8 Å². The maximum atomic E-state index is 14.2. The number of benzene rings is 1. The van der Waals surface area contributed by atoms with Gasteiger partial charge < -0.3 is 10.6 Å². The molecule has 0 bridgehead atoms. The van der Waals surface area contributed by atoms with Crippen LogP contribution in [0.1, 0.15) is 11.1 Å². The van der Waals surface area contributed by atoms with Gasteiger partial charge in [0.1, 0.15) is 11.6 Å². The zero-order valence-electron chi connectivity index (χ0n) is 11.4. The topological polar surface area (TPSA) is 87.3 Å². The lowest BCUT2D eigenvalue weighted by molar-refractivity contribution is -0.113. The number of halogens is 2. The largest absolute Gasteiger partial charge is 0.323 e. The van der Waals surface area contributed by atoms with E-state index < -0.39 is 27.5 Å². The van der Waals surface area contributed by atoms with Crippen LogP contribution in [0.2, 0.25) is 0 Å². The van der Waals surface area contributed by atoms with E-state index in [1.807, 2.05) is 4.72 Å². The van der Waals surface area contributed by atoms with E-state index in [1.165, 1.54) is 13.1 Å². The monoisotopic (exact) mass is 337 g/mol. The second-order valence-electron chi connectivity index (χ2n) is 4.50. The molecular formula is C12H17ClFN3O3S. The molecule has 1 amide bonds. The van der Waals surface area contributed by atoms with E-state index in [0.29, 0.717) is 25.1 Å². The summed E-state index contributed by atoms with van der Waals surface area (Å²) in [5.41, 5.74) is 1.44. The lowest BCUT2D eigenvalue weighted by Crippen LogP contribution is -2.31. The van der Waals surface area contributed by atoms with Crippen molar-refractivity contribution in [3.05, 3.63) is 29.1 Å². The maximum absolute atomic E-state index is 14.2. The molecule has 0 saturated heterocycles. The molecule has 0 aromatic heterocycles. The Hall–Kier alpha value is -1.22. The van der Waals surface area contributed by atoms with Gasteiger partial charge >= 0.3 is 0 Å². The molecule has 0 unspecified atom stereocenters. The highest BCUT2D eigenvalue weighted by Crippen LogP contribution is 2.24. The first-order chi connectivity index (χ1) is 9.43. The molecule has 3 N–H and O–H groups in total. The van der Waals surface area contributed by atoms with Gasteiger partial charge in [-0.1, -0.05) is 6.07 Å². The van der Waals surface area contributed by atoms with Gasteiger partial charge in [-0.2, -0.15) is 0 Å². The third-order valence-corrected chi connectivity index (χ3v) is 4.38. The average molecular weight is 338 g/mol. The highest BCUT2D eigenvalue weighted by atomic mass is 35.5. The van der Waals surface area contributed by atoms with Crippen molar-refractivity contribution in [3.63, 3.8) is 0 Å². The van der Waals surface area contributed by atoms with Crippen LogP contribution in [0.4, 0.5) is 10.1 Å². The van der Waals surface area contributed by atoms with Crippen molar-refractivity contribution in [3.8, 4) is 0 Å². The first-order valence-electron chi connectivity index (χ1n) is 6.15. The molecule has 1 aromatic carbocycles. The molecule has 0 radical (unpaired) electrons. The average Bonchev–Trinajstić information content (AvgIpc) is 2.42. The summed E-state index contributed by atoms with van der Waals surface area (Å²) in [7, 11) is -2.45. The summed E-state index contributed by atoms with van der Waals surface area (Å²) >= 11 is 0. The molecule has 6 nitrogen and oxygen atoms in total. The second-order valence-corrected chi connectivity index (χ2v) is 6.43. The van der Waals surface area contributed by atoms with Gasteiger partial charge in [0.2, 0.25) is 15.9 Å². The third-order valence-electron chi connectivity index (χ3n) is 3.11. The molecule has 0 spiro atoms. The standard InChI is InChI=1S/C12H16FN3O3S.ClH/c1-14-20(18,19)7-11(17)16-10-3-2-8-6-15-5-4-9(8)12(10)13;/h2-3,14-15H,4-7H2,1H3,(H,16,17);1H. The molecule has 2 rings (SSSR count). The van der Waals surface area contributed by atoms with E-state index in [1.54, 1.807) is 6.07 Å². The number of amides is 1. The van der Waals surface area contributed by atoms with Crippen molar-refractivity contribution in [2.45, 2.75) is 13.0 Å². The normalized spacial score (nSPS) is 14.0. The Morgan fingerprint density at radius 3 is 2.81 bits per heavy atom. The lowest BCUT2D eigenvalue weighted by atomic mass is 9.99. The predicted molar refractivity (Wildman–Crippen MR) is 80.5 cm³/mol. The summed E-state index contributed by atoms with van der Waals surface area (Å²) in [6, 6.07) is 3.18. The van der Waals surface area contributed by atoms with Gasteiger partial charge in [0.05, 0.1) is 5.69 Å². The fourth-order valence-corrected chi connectivity index (χ4v) is 2.62. The molecule has 1 aliphatic heterocycles. The molecule has 1 aliphatic rings. The van der Waals surface area contributed by atoms with Crippen molar-refractivity contribution < 1.29 is 17.6 Å². The Morgan fingerprint density at radius 1 is 1.43 bits per heavy atom. The Balaban J connectivity index is 0.00000220. The summed E-state index contributed by atoms with van der Waals surface area (Å²) in [5, 5.41) is 5.42. The molecule has 0 saturated carbocycles. The summed E-state index contributed by atoms with van der Waals surface area (Å²) in [6.07, 6.45) is 0.541. The minimum Gasteiger partial charge on any atom is -0.323 e. The quantitative estimate of drug-likeness (QED) is 0.741. The number of hydrogen-bond donors (Lipinski definition) is 3. The highest BCUT2D eigenvalue weighted by molar-refractivity contribution is 7.90. The van der Waals surface area contributed by atoms with Crippen LogP contribution in [0.5, 0.6) is 0 Å². The van der Waals surface area contributed by atoms with E-state index in [0.717, 1.165) is 5.56 Å². The van der Waals surface area contributed by atoms with Crippen LogP contribution < -0.4 is 15.4 Å². The predicted octanol–water partition coefficient (Wildman–Crippen LogP) is 0.381. The van der Waals surface area contributed by atoms with Crippen LogP contribution in [0.15, 0.2) is 12.1 Å². The van der Waals surface area contributed by atoms with E-state index in [-0.39, 0.29) is 18.1 Å². The van der Waals surface area contributed by atoms with Crippen LogP contribution in [-0.4, -0.2) is 33.7 Å². The van der Waals surface area contributed by atoms with Gasteiger partial charge in [0.15, 0.2) is 0 Å². The van der Waals surface area contributed by atoms with E-state index in [4.69, 9.17) is 0 Å². The van der Waals surface area contributed by atoms with E-state index >= 15 is 0 Å². The second kappa shape index (κ2) is 7.17. The fraction of sp³-hybridized carbons (Fsp3) is 0.417. The van der Waals surface area contributed by atoms with Gasteiger partial charge in [0.25, 0.3) is 0 Å². The molecule has 118 valence electrons. The van der Waals surface area contributed by atoms with Crippen molar-refractivity contribution in [2.75, 3.05) is 24.7 Å².